The Morgan fingerprint density at radius 2 is 1.67 bits per heavy atom. The van der Waals surface area contributed by atoms with Gasteiger partial charge in [-0.15, -0.1) is 65.4 Å². The van der Waals surface area contributed by atoms with Crippen molar-refractivity contribution in [2.24, 2.45) is 0 Å². The standard InChI is InChI=1S/C21H15N2OS.C12H10N.Ir/c1-11-7-8-16-15-5-4-6-17(19(15)24-21(16)23-11)18-20-14(9-10-22-18)12(2)13(3)25-20;1-10-7-8-12(13-9-10)11-5-3-2-4-6-11;/h4-5,7-10H,1-3H3;2-5,7-9H,1H3;/q2*-1;. The van der Waals surface area contributed by atoms with Crippen LogP contribution in [-0.2, 0) is 20.1 Å². The van der Waals surface area contributed by atoms with Crippen LogP contribution in [-0.4, -0.2) is 15.0 Å². The van der Waals surface area contributed by atoms with Crippen molar-refractivity contribution < 1.29 is 24.5 Å². The molecule has 195 valence electrons. The first kappa shape index (κ1) is 26.9. The molecule has 0 aliphatic carbocycles. The van der Waals surface area contributed by atoms with Gasteiger partial charge in [-0.05, 0) is 68.1 Å². The molecule has 0 spiro atoms. The van der Waals surface area contributed by atoms with Crippen LogP contribution in [0.4, 0.5) is 0 Å². The average Bonchev–Trinajstić information content (AvgIpc) is 3.46. The summed E-state index contributed by atoms with van der Waals surface area (Å²) in [6, 6.07) is 28.6. The van der Waals surface area contributed by atoms with Crippen LogP contribution in [0.5, 0.6) is 0 Å². The Balaban J connectivity index is 0.000000187. The maximum absolute atomic E-state index is 6.13. The summed E-state index contributed by atoms with van der Waals surface area (Å²) < 4.78 is 7.31. The van der Waals surface area contributed by atoms with Crippen molar-refractivity contribution in [3.63, 3.8) is 0 Å². The number of hydrogen-bond donors (Lipinski definition) is 0. The zero-order valence-corrected chi connectivity index (χ0v) is 25.2. The van der Waals surface area contributed by atoms with Crippen molar-refractivity contribution in [2.45, 2.75) is 27.7 Å². The third-order valence-electron chi connectivity index (χ3n) is 6.66. The van der Waals surface area contributed by atoms with Crippen LogP contribution in [0.3, 0.4) is 0 Å². The van der Waals surface area contributed by atoms with Crippen LogP contribution in [0.15, 0.2) is 83.5 Å². The fourth-order valence-corrected chi connectivity index (χ4v) is 5.67. The van der Waals surface area contributed by atoms with Crippen molar-refractivity contribution in [3.05, 3.63) is 113 Å². The van der Waals surface area contributed by atoms with E-state index in [-0.39, 0.29) is 20.1 Å². The van der Waals surface area contributed by atoms with E-state index >= 15 is 0 Å². The summed E-state index contributed by atoms with van der Waals surface area (Å²) in [7, 11) is 0. The molecular weight excluding hydrogens is 679 g/mol. The number of aromatic nitrogens is 3. The maximum atomic E-state index is 6.13. The van der Waals surface area contributed by atoms with Gasteiger partial charge in [0.05, 0.1) is 5.58 Å². The second-order valence-electron chi connectivity index (χ2n) is 9.32. The zero-order valence-electron chi connectivity index (χ0n) is 22.0. The molecule has 0 fully saturated rings. The third kappa shape index (κ3) is 5.16. The number of nitrogens with zero attached hydrogens (tertiary/aromatic N) is 3. The number of furan rings is 1. The van der Waals surface area contributed by atoms with Crippen LogP contribution in [0.2, 0.25) is 0 Å². The molecule has 5 aromatic heterocycles. The van der Waals surface area contributed by atoms with Gasteiger partial charge in [0.1, 0.15) is 0 Å². The van der Waals surface area contributed by atoms with Crippen LogP contribution < -0.4 is 0 Å². The van der Waals surface area contributed by atoms with E-state index in [4.69, 9.17) is 4.42 Å². The van der Waals surface area contributed by atoms with Crippen molar-refractivity contribution in [2.75, 3.05) is 0 Å². The summed E-state index contributed by atoms with van der Waals surface area (Å²) in [4.78, 5) is 14.8. The molecule has 0 saturated carbocycles. The average molecular weight is 704 g/mol. The number of thiophene rings is 1. The molecule has 6 heteroatoms. The summed E-state index contributed by atoms with van der Waals surface area (Å²) in [5.41, 5.74) is 8.77. The van der Waals surface area contributed by atoms with E-state index in [0.717, 1.165) is 44.6 Å². The van der Waals surface area contributed by atoms with Gasteiger partial charge in [0.25, 0.3) is 0 Å². The first-order valence-electron chi connectivity index (χ1n) is 12.4. The van der Waals surface area contributed by atoms with Crippen molar-refractivity contribution in [1.82, 2.24) is 15.0 Å². The quantitative estimate of drug-likeness (QED) is 0.169. The van der Waals surface area contributed by atoms with Crippen molar-refractivity contribution in [3.8, 4) is 22.5 Å². The Labute approximate surface area is 245 Å². The van der Waals surface area contributed by atoms with Crippen LogP contribution in [0.25, 0.3) is 54.7 Å². The number of fused-ring (bicyclic) bond motifs is 4. The molecule has 7 rings (SSSR count). The number of rotatable bonds is 2. The molecule has 0 saturated heterocycles. The summed E-state index contributed by atoms with van der Waals surface area (Å²) in [5, 5.41) is 3.34. The van der Waals surface area contributed by atoms with E-state index in [1.54, 1.807) is 11.3 Å². The van der Waals surface area contributed by atoms with E-state index in [2.05, 4.69) is 59.1 Å². The van der Waals surface area contributed by atoms with E-state index in [9.17, 15) is 0 Å². The Morgan fingerprint density at radius 1 is 0.795 bits per heavy atom. The topological polar surface area (TPSA) is 51.8 Å². The van der Waals surface area contributed by atoms with Gasteiger partial charge in [0.15, 0.2) is 0 Å². The third-order valence-corrected chi connectivity index (χ3v) is 7.89. The van der Waals surface area contributed by atoms with E-state index in [0.29, 0.717) is 5.71 Å². The summed E-state index contributed by atoms with van der Waals surface area (Å²) in [5.74, 6) is 0. The van der Waals surface area contributed by atoms with Gasteiger partial charge in [0.2, 0.25) is 5.71 Å². The van der Waals surface area contributed by atoms with Crippen molar-refractivity contribution >= 4 is 43.5 Å². The molecule has 0 atom stereocenters. The maximum Gasteiger partial charge on any atom is 0.216 e. The molecule has 0 amide bonds. The minimum Gasteiger partial charge on any atom is -0.486 e. The molecule has 2 aromatic carbocycles. The minimum atomic E-state index is 0. The number of aryl methyl sites for hydroxylation is 4. The Kier molecular flexibility index (Phi) is 7.71. The fourth-order valence-electron chi connectivity index (χ4n) is 4.51. The van der Waals surface area contributed by atoms with Crippen LogP contribution in [0.1, 0.15) is 21.7 Å². The zero-order chi connectivity index (χ0) is 26.2. The Hall–Kier alpha value is -3.70. The summed E-state index contributed by atoms with van der Waals surface area (Å²) >= 11 is 1.78. The first-order valence-corrected chi connectivity index (χ1v) is 13.3. The van der Waals surface area contributed by atoms with Crippen molar-refractivity contribution in [1.29, 1.82) is 0 Å². The number of benzene rings is 2. The van der Waals surface area contributed by atoms with E-state index in [1.165, 1.54) is 26.1 Å². The van der Waals surface area contributed by atoms with Gasteiger partial charge < -0.3 is 14.4 Å². The van der Waals surface area contributed by atoms with Gasteiger partial charge in [-0.3, -0.25) is 0 Å². The molecule has 0 unspecified atom stereocenters. The van der Waals surface area contributed by atoms with Gasteiger partial charge in [-0.1, -0.05) is 23.1 Å². The molecular formula is C33H25IrN3OS-2. The first-order chi connectivity index (χ1) is 18.5. The number of hydrogen-bond acceptors (Lipinski definition) is 5. The molecule has 1 radical (unpaired) electrons. The Morgan fingerprint density at radius 3 is 2.44 bits per heavy atom. The largest absolute Gasteiger partial charge is 0.486 e. The van der Waals surface area contributed by atoms with Crippen LogP contribution in [0, 0.1) is 39.8 Å². The predicted molar refractivity (Wildman–Crippen MR) is 156 cm³/mol. The SMILES string of the molecule is Cc1ccc(-c2[c-]cccc2)nc1.Cc1ccc2c(n1)oc1c(-c3nccc4c(C)c(C)sc34)[c-]ccc12.[Ir]. The van der Waals surface area contributed by atoms with Crippen LogP contribution >= 0.6 is 11.3 Å². The molecule has 7 aromatic rings. The predicted octanol–water partition coefficient (Wildman–Crippen LogP) is 8.84. The number of pyridine rings is 3. The van der Waals surface area contributed by atoms with Gasteiger partial charge >= 0.3 is 0 Å². The molecule has 5 heterocycles. The van der Waals surface area contributed by atoms with Gasteiger partial charge in [-0.2, -0.15) is 0 Å². The molecule has 39 heavy (non-hydrogen) atoms. The van der Waals surface area contributed by atoms with Gasteiger partial charge in [-0.25, -0.2) is 4.98 Å². The minimum absolute atomic E-state index is 0. The monoisotopic (exact) mass is 704 g/mol. The van der Waals surface area contributed by atoms with E-state index in [1.807, 2.05) is 74.8 Å². The van der Waals surface area contributed by atoms with E-state index < -0.39 is 0 Å². The second-order valence-corrected chi connectivity index (χ2v) is 10.5. The molecule has 0 aliphatic rings. The molecule has 0 aliphatic heterocycles. The van der Waals surface area contributed by atoms with Gasteiger partial charge in [0, 0.05) is 58.9 Å². The molecule has 4 nitrogen and oxygen atoms in total. The molecule has 0 N–H and O–H groups in total. The normalized spacial score (nSPS) is 10.9. The molecule has 0 bridgehead atoms. The smallest absolute Gasteiger partial charge is 0.216 e. The summed E-state index contributed by atoms with van der Waals surface area (Å²) in [6.07, 6.45) is 3.74. The summed E-state index contributed by atoms with van der Waals surface area (Å²) in [6.45, 7) is 8.32. The second kappa shape index (κ2) is 11.2. The Bertz CT molecular complexity index is 1910. The fraction of sp³-hybridized carbons (Fsp3) is 0.121.